The van der Waals surface area contributed by atoms with Crippen LogP contribution in [0.5, 0.6) is 0 Å². The first-order valence-corrected chi connectivity index (χ1v) is 7.62. The molecular weight excluding hydrogens is 288 g/mol. The highest BCUT2D eigenvalue weighted by atomic mass is 79.9. The summed E-state index contributed by atoms with van der Waals surface area (Å²) in [6, 6.07) is 7.95. The van der Waals surface area contributed by atoms with Gasteiger partial charge in [-0.25, -0.2) is 0 Å². The number of anilines is 1. The normalized spacial score (nSPS) is 17.5. The average molecular weight is 311 g/mol. The van der Waals surface area contributed by atoms with Crippen molar-refractivity contribution in [2.24, 2.45) is 0 Å². The van der Waals surface area contributed by atoms with Gasteiger partial charge in [-0.2, -0.15) is 0 Å². The fourth-order valence-corrected chi connectivity index (χ4v) is 2.92. The Labute approximate surface area is 119 Å². The van der Waals surface area contributed by atoms with Crippen molar-refractivity contribution in [2.45, 2.75) is 45.7 Å². The van der Waals surface area contributed by atoms with Crippen molar-refractivity contribution in [3.05, 3.63) is 28.2 Å². The standard InChI is InChI=1S/C15H23BrN2/c1-11(2)17-13-6-8-18(9-7-13)14-5-4-12(3)15(16)10-14/h4-5,10-11,13,17H,6-9H2,1-3H3. The Morgan fingerprint density at radius 1 is 1.28 bits per heavy atom. The lowest BCUT2D eigenvalue weighted by Gasteiger charge is -2.35. The molecule has 0 radical (unpaired) electrons. The fraction of sp³-hybridized carbons (Fsp3) is 0.600. The first-order chi connectivity index (χ1) is 8.56. The molecule has 0 aromatic heterocycles. The highest BCUT2D eigenvalue weighted by molar-refractivity contribution is 9.10. The van der Waals surface area contributed by atoms with E-state index in [0.717, 1.165) is 13.1 Å². The summed E-state index contributed by atoms with van der Waals surface area (Å²) in [6.07, 6.45) is 2.48. The van der Waals surface area contributed by atoms with Crippen molar-refractivity contribution in [3.63, 3.8) is 0 Å². The minimum atomic E-state index is 0.593. The Balaban J connectivity index is 1.94. The van der Waals surface area contributed by atoms with Crippen molar-refractivity contribution in [1.29, 1.82) is 0 Å². The summed E-state index contributed by atoms with van der Waals surface area (Å²) >= 11 is 3.62. The van der Waals surface area contributed by atoms with Gasteiger partial charge in [0, 0.05) is 35.3 Å². The van der Waals surface area contributed by atoms with E-state index in [4.69, 9.17) is 0 Å². The Morgan fingerprint density at radius 3 is 2.50 bits per heavy atom. The second kappa shape index (κ2) is 6.07. The monoisotopic (exact) mass is 310 g/mol. The molecule has 100 valence electrons. The van der Waals surface area contributed by atoms with Crippen LogP contribution < -0.4 is 10.2 Å². The van der Waals surface area contributed by atoms with Gasteiger partial charge in [-0.1, -0.05) is 35.8 Å². The highest BCUT2D eigenvalue weighted by Gasteiger charge is 2.19. The van der Waals surface area contributed by atoms with Gasteiger partial charge in [0.15, 0.2) is 0 Å². The van der Waals surface area contributed by atoms with Crippen molar-refractivity contribution < 1.29 is 0 Å². The zero-order valence-electron chi connectivity index (χ0n) is 11.5. The molecule has 1 aromatic rings. The van der Waals surface area contributed by atoms with Gasteiger partial charge >= 0.3 is 0 Å². The number of benzene rings is 1. The first kappa shape index (κ1) is 13.9. The Bertz CT molecular complexity index is 395. The van der Waals surface area contributed by atoms with Gasteiger partial charge in [-0.05, 0) is 37.5 Å². The van der Waals surface area contributed by atoms with Crippen LogP contribution in [0.15, 0.2) is 22.7 Å². The Morgan fingerprint density at radius 2 is 1.94 bits per heavy atom. The maximum absolute atomic E-state index is 3.64. The molecule has 1 fully saturated rings. The molecular formula is C15H23BrN2. The summed E-state index contributed by atoms with van der Waals surface area (Å²) in [5.41, 5.74) is 2.64. The number of rotatable bonds is 3. The number of nitrogens with one attached hydrogen (secondary N) is 1. The Kier molecular flexibility index (Phi) is 4.68. The molecule has 0 spiro atoms. The van der Waals surface area contributed by atoms with Crippen LogP contribution in [0.2, 0.25) is 0 Å². The summed E-state index contributed by atoms with van der Waals surface area (Å²) in [5.74, 6) is 0. The minimum absolute atomic E-state index is 0.593. The van der Waals surface area contributed by atoms with Gasteiger partial charge < -0.3 is 10.2 Å². The second-order valence-electron chi connectivity index (χ2n) is 5.52. The molecule has 2 rings (SSSR count). The van der Waals surface area contributed by atoms with Crippen LogP contribution in [-0.4, -0.2) is 25.2 Å². The van der Waals surface area contributed by atoms with Crippen LogP contribution in [0.3, 0.4) is 0 Å². The second-order valence-corrected chi connectivity index (χ2v) is 6.37. The van der Waals surface area contributed by atoms with Crippen LogP contribution in [0.1, 0.15) is 32.3 Å². The molecule has 1 aliphatic heterocycles. The van der Waals surface area contributed by atoms with Gasteiger partial charge in [0.1, 0.15) is 0 Å². The molecule has 18 heavy (non-hydrogen) atoms. The zero-order chi connectivity index (χ0) is 13.1. The molecule has 1 aromatic carbocycles. The van der Waals surface area contributed by atoms with Gasteiger partial charge in [0.25, 0.3) is 0 Å². The molecule has 0 saturated carbocycles. The summed E-state index contributed by atoms with van der Waals surface area (Å²) in [7, 11) is 0. The topological polar surface area (TPSA) is 15.3 Å². The molecule has 1 heterocycles. The number of nitrogens with zero attached hydrogens (tertiary/aromatic N) is 1. The fourth-order valence-electron chi connectivity index (χ4n) is 2.55. The van der Waals surface area contributed by atoms with Gasteiger partial charge in [-0.3, -0.25) is 0 Å². The maximum atomic E-state index is 3.64. The number of hydrogen-bond acceptors (Lipinski definition) is 2. The summed E-state index contributed by atoms with van der Waals surface area (Å²) < 4.78 is 1.21. The molecule has 1 N–H and O–H groups in total. The number of hydrogen-bond donors (Lipinski definition) is 1. The predicted octanol–water partition coefficient (Wildman–Crippen LogP) is 3.72. The van der Waals surface area contributed by atoms with Crippen LogP contribution in [-0.2, 0) is 0 Å². The SMILES string of the molecule is Cc1ccc(N2CCC(NC(C)C)CC2)cc1Br. The third kappa shape index (κ3) is 3.48. The average Bonchev–Trinajstić information content (AvgIpc) is 2.33. The molecule has 3 heteroatoms. The molecule has 0 aliphatic carbocycles. The van der Waals surface area contributed by atoms with E-state index in [9.17, 15) is 0 Å². The smallest absolute Gasteiger partial charge is 0.0377 e. The van der Waals surface area contributed by atoms with Crippen molar-refractivity contribution in [1.82, 2.24) is 5.32 Å². The Hall–Kier alpha value is -0.540. The molecule has 1 saturated heterocycles. The van der Waals surface area contributed by atoms with Crippen molar-refractivity contribution in [2.75, 3.05) is 18.0 Å². The van der Waals surface area contributed by atoms with Gasteiger partial charge in [-0.15, -0.1) is 0 Å². The van der Waals surface area contributed by atoms with E-state index in [2.05, 4.69) is 65.1 Å². The van der Waals surface area contributed by atoms with Crippen LogP contribution >= 0.6 is 15.9 Å². The van der Waals surface area contributed by atoms with Gasteiger partial charge in [0.2, 0.25) is 0 Å². The summed E-state index contributed by atoms with van der Waals surface area (Å²) in [6.45, 7) is 8.89. The summed E-state index contributed by atoms with van der Waals surface area (Å²) in [5, 5.41) is 3.64. The highest BCUT2D eigenvalue weighted by Crippen LogP contribution is 2.26. The summed E-state index contributed by atoms with van der Waals surface area (Å²) in [4.78, 5) is 2.49. The van der Waals surface area contributed by atoms with Crippen LogP contribution in [0, 0.1) is 6.92 Å². The molecule has 0 bridgehead atoms. The minimum Gasteiger partial charge on any atom is -0.371 e. The van der Waals surface area contributed by atoms with E-state index in [1.54, 1.807) is 0 Å². The number of piperidine rings is 1. The van der Waals surface area contributed by atoms with E-state index in [-0.39, 0.29) is 0 Å². The quantitative estimate of drug-likeness (QED) is 0.915. The third-order valence-electron chi connectivity index (χ3n) is 3.58. The molecule has 2 nitrogen and oxygen atoms in total. The van der Waals surface area contributed by atoms with Crippen molar-refractivity contribution >= 4 is 21.6 Å². The first-order valence-electron chi connectivity index (χ1n) is 6.83. The largest absolute Gasteiger partial charge is 0.371 e. The predicted molar refractivity (Wildman–Crippen MR) is 82.4 cm³/mol. The maximum Gasteiger partial charge on any atom is 0.0377 e. The van der Waals surface area contributed by atoms with E-state index >= 15 is 0 Å². The molecule has 0 unspecified atom stereocenters. The van der Waals surface area contributed by atoms with Crippen LogP contribution in [0.25, 0.3) is 0 Å². The lowest BCUT2D eigenvalue weighted by atomic mass is 10.0. The van der Waals surface area contributed by atoms with E-state index in [0.29, 0.717) is 12.1 Å². The van der Waals surface area contributed by atoms with Crippen LogP contribution in [0.4, 0.5) is 5.69 Å². The lowest BCUT2D eigenvalue weighted by Crippen LogP contribution is -2.44. The molecule has 0 atom stereocenters. The van der Waals surface area contributed by atoms with E-state index in [1.807, 2.05) is 0 Å². The molecule has 0 amide bonds. The van der Waals surface area contributed by atoms with E-state index in [1.165, 1.54) is 28.6 Å². The zero-order valence-corrected chi connectivity index (χ0v) is 13.1. The van der Waals surface area contributed by atoms with Crippen molar-refractivity contribution in [3.8, 4) is 0 Å². The number of aryl methyl sites for hydroxylation is 1. The molecule has 1 aliphatic rings. The third-order valence-corrected chi connectivity index (χ3v) is 4.44. The lowest BCUT2D eigenvalue weighted by molar-refractivity contribution is 0.387. The van der Waals surface area contributed by atoms with E-state index < -0.39 is 0 Å². The van der Waals surface area contributed by atoms with Gasteiger partial charge in [0.05, 0.1) is 0 Å². The number of halogens is 1.